The number of aromatic nitrogens is 2. The highest BCUT2D eigenvalue weighted by Crippen LogP contribution is 2.30. The van der Waals surface area contributed by atoms with Gasteiger partial charge in [0.25, 0.3) is 0 Å². The SMILES string of the molecule is CC(C)Cc1ccc2nc(C#N)sc2c1.CNC(=O)[C@H](N)CS.CNC(=O)[C@H]1CSC(c2nc3ccc(CC(C)C)cc3s2)=N1.CO. The molecule has 0 radical (unpaired) electrons. The Balaban J connectivity index is 0.000000266. The lowest BCUT2D eigenvalue weighted by Crippen LogP contribution is -2.39. The standard InChI is InChI=1S/C16H19N3OS2.C12H12N2S.C4H10N2OS.CH4O/c1-9(2)6-10-4-5-11-13(7-10)22-16(18-11)15-19-12(8-21-15)14(20)17-3;1-8(2)5-9-3-4-10-11(6-9)15-12(7-13)14-10;1-6-4(7)3(5)2-8;1-2/h4-5,7,9,12H,6,8H2,1-3H3,(H,17,20);3-4,6,8H,5H2,1-2H3;3,8H,2,5H2,1H3,(H,6,7);2H,1H3/t12-;;3-;/m1.1./s1. The van der Waals surface area contributed by atoms with Gasteiger partial charge >= 0.3 is 0 Å². The van der Waals surface area contributed by atoms with Crippen molar-refractivity contribution in [2.45, 2.75) is 52.6 Å². The molecule has 0 unspecified atom stereocenters. The summed E-state index contributed by atoms with van der Waals surface area (Å²) in [6.07, 6.45) is 2.16. The van der Waals surface area contributed by atoms with Gasteiger partial charge in [-0.3, -0.25) is 14.6 Å². The van der Waals surface area contributed by atoms with Crippen LogP contribution in [0, 0.1) is 23.2 Å². The van der Waals surface area contributed by atoms with Crippen LogP contribution in [0.3, 0.4) is 0 Å². The van der Waals surface area contributed by atoms with Crippen molar-refractivity contribution in [2.75, 3.05) is 32.7 Å². The summed E-state index contributed by atoms with van der Waals surface area (Å²) in [5.41, 5.74) is 9.86. The van der Waals surface area contributed by atoms with E-state index < -0.39 is 6.04 Å². The zero-order chi connectivity index (χ0) is 35.1. The highest BCUT2D eigenvalue weighted by molar-refractivity contribution is 8.15. The fourth-order valence-corrected chi connectivity index (χ4v) is 7.46. The second-order valence-electron chi connectivity index (χ2n) is 11.2. The number of carbonyl (C=O) groups excluding carboxylic acids is 2. The van der Waals surface area contributed by atoms with Crippen molar-refractivity contribution >= 4 is 84.4 Å². The van der Waals surface area contributed by atoms with Gasteiger partial charge in [0.1, 0.15) is 22.2 Å². The van der Waals surface area contributed by atoms with Crippen LogP contribution in [-0.2, 0) is 22.4 Å². The van der Waals surface area contributed by atoms with E-state index in [2.05, 4.69) is 102 Å². The Labute approximate surface area is 295 Å². The third kappa shape index (κ3) is 12.5. The fraction of sp³-hybridized carbons (Fsp3) is 0.455. The minimum absolute atomic E-state index is 0.0252. The molecule has 47 heavy (non-hydrogen) atoms. The number of thiazole rings is 2. The van der Waals surface area contributed by atoms with Crippen molar-refractivity contribution in [1.82, 2.24) is 20.6 Å². The molecule has 2 aromatic carbocycles. The van der Waals surface area contributed by atoms with Crippen LogP contribution in [0.4, 0.5) is 0 Å². The molecule has 3 heterocycles. The number of rotatable bonds is 8. The van der Waals surface area contributed by atoms with Crippen LogP contribution < -0.4 is 16.4 Å². The zero-order valence-corrected chi connectivity index (χ0v) is 31.2. The molecule has 2 amide bonds. The molecule has 254 valence electrons. The minimum Gasteiger partial charge on any atom is -0.400 e. The van der Waals surface area contributed by atoms with Crippen LogP contribution in [0.5, 0.6) is 0 Å². The predicted octanol–water partition coefficient (Wildman–Crippen LogP) is 5.07. The Morgan fingerprint density at radius 1 is 0.979 bits per heavy atom. The summed E-state index contributed by atoms with van der Waals surface area (Å²) < 4.78 is 2.31. The number of thiol groups is 1. The number of carbonyl (C=O) groups is 2. The van der Waals surface area contributed by atoms with Gasteiger partial charge in [-0.2, -0.15) is 17.9 Å². The molecule has 1 aliphatic heterocycles. The van der Waals surface area contributed by atoms with E-state index in [0.29, 0.717) is 28.3 Å². The predicted molar refractivity (Wildman–Crippen MR) is 202 cm³/mol. The van der Waals surface area contributed by atoms with Gasteiger partial charge in [0.05, 0.1) is 26.5 Å². The number of aliphatic imine (C=N–C) groups is 1. The maximum absolute atomic E-state index is 11.7. The van der Waals surface area contributed by atoms with Crippen molar-refractivity contribution in [2.24, 2.45) is 22.6 Å². The first kappa shape index (κ1) is 40.1. The molecule has 4 aromatic rings. The van der Waals surface area contributed by atoms with Gasteiger partial charge < -0.3 is 21.5 Å². The lowest BCUT2D eigenvalue weighted by atomic mass is 10.0. The largest absolute Gasteiger partial charge is 0.400 e. The normalized spacial score (nSPS) is 14.2. The summed E-state index contributed by atoms with van der Waals surface area (Å²) >= 11 is 8.57. The first-order valence-corrected chi connectivity index (χ1v) is 18.4. The van der Waals surface area contributed by atoms with Crippen LogP contribution in [-0.4, -0.2) is 76.7 Å². The summed E-state index contributed by atoms with van der Waals surface area (Å²) in [6.45, 7) is 8.87. The van der Waals surface area contributed by atoms with E-state index in [1.54, 1.807) is 37.2 Å². The Kier molecular flexibility index (Phi) is 17.4. The molecule has 0 bridgehead atoms. The number of nitrogens with zero attached hydrogens (tertiary/aromatic N) is 4. The van der Waals surface area contributed by atoms with E-state index in [9.17, 15) is 9.59 Å². The van der Waals surface area contributed by atoms with Gasteiger partial charge in [-0.05, 0) is 60.1 Å². The molecule has 0 saturated carbocycles. The Bertz CT molecular complexity index is 1680. The van der Waals surface area contributed by atoms with Gasteiger partial charge in [-0.15, -0.1) is 34.4 Å². The number of fused-ring (bicyclic) bond motifs is 2. The third-order valence-corrected chi connectivity index (χ3v) is 9.98. The van der Waals surface area contributed by atoms with E-state index in [1.807, 2.05) is 6.07 Å². The number of hydrogen-bond acceptors (Lipinski definition) is 12. The monoisotopic (exact) mass is 715 g/mol. The van der Waals surface area contributed by atoms with Gasteiger partial charge in [0, 0.05) is 32.7 Å². The van der Waals surface area contributed by atoms with Gasteiger partial charge in [-0.1, -0.05) is 39.8 Å². The molecule has 10 nitrogen and oxygen atoms in total. The number of hydrogen-bond donors (Lipinski definition) is 5. The van der Waals surface area contributed by atoms with Crippen molar-refractivity contribution in [3.05, 3.63) is 57.5 Å². The number of amides is 2. The molecular weight excluding hydrogens is 671 g/mol. The molecule has 0 fully saturated rings. The lowest BCUT2D eigenvalue weighted by Gasteiger charge is -2.03. The number of thioether (sulfide) groups is 1. The number of aliphatic hydroxyl groups is 1. The van der Waals surface area contributed by atoms with Crippen LogP contribution in [0.15, 0.2) is 41.4 Å². The van der Waals surface area contributed by atoms with E-state index in [0.717, 1.165) is 45.7 Å². The summed E-state index contributed by atoms with van der Waals surface area (Å²) in [7, 11) is 4.19. The Morgan fingerprint density at radius 2 is 1.53 bits per heavy atom. The van der Waals surface area contributed by atoms with Crippen molar-refractivity contribution in [1.29, 1.82) is 5.26 Å². The second kappa shape index (κ2) is 20.3. The van der Waals surface area contributed by atoms with Crippen LogP contribution in [0.25, 0.3) is 20.4 Å². The molecule has 0 saturated heterocycles. The average molecular weight is 716 g/mol. The zero-order valence-electron chi connectivity index (χ0n) is 27.9. The van der Waals surface area contributed by atoms with Crippen molar-refractivity contribution in [3.8, 4) is 6.07 Å². The number of aliphatic hydroxyl groups excluding tert-OH is 1. The number of benzene rings is 2. The molecule has 0 spiro atoms. The summed E-state index contributed by atoms with van der Waals surface area (Å²) in [5.74, 6) is 2.20. The summed E-state index contributed by atoms with van der Waals surface area (Å²) in [4.78, 5) is 35.5. The average Bonchev–Trinajstić information content (AvgIpc) is 3.82. The maximum atomic E-state index is 11.7. The molecule has 1 aliphatic rings. The number of nitriles is 1. The second-order valence-corrected chi connectivity index (χ2v) is 14.7. The van der Waals surface area contributed by atoms with Crippen molar-refractivity contribution < 1.29 is 14.7 Å². The molecule has 5 rings (SSSR count). The first-order valence-electron chi connectivity index (χ1n) is 15.1. The smallest absolute Gasteiger partial charge is 0.245 e. The molecule has 5 N–H and O–H groups in total. The van der Waals surface area contributed by atoms with Crippen molar-refractivity contribution in [3.63, 3.8) is 0 Å². The molecule has 0 aliphatic carbocycles. The molecule has 2 aromatic heterocycles. The molecule has 14 heteroatoms. The number of nitrogens with one attached hydrogen (secondary N) is 2. The third-order valence-electron chi connectivity index (χ3n) is 6.45. The number of likely N-dealkylation sites (N-methyl/N-ethyl adjacent to an activating group) is 2. The molecule has 2 atom stereocenters. The maximum Gasteiger partial charge on any atom is 0.245 e. The van der Waals surface area contributed by atoms with Crippen LogP contribution in [0.1, 0.15) is 48.8 Å². The quantitative estimate of drug-likeness (QED) is 0.158. The Morgan fingerprint density at radius 3 is 2.00 bits per heavy atom. The fourth-order valence-electron chi connectivity index (χ4n) is 4.33. The summed E-state index contributed by atoms with van der Waals surface area (Å²) in [5, 5.41) is 23.2. The van der Waals surface area contributed by atoms with Gasteiger partial charge in [-0.25, -0.2) is 9.97 Å². The van der Waals surface area contributed by atoms with Crippen LogP contribution >= 0.6 is 47.1 Å². The van der Waals surface area contributed by atoms with Gasteiger partial charge in [0.15, 0.2) is 5.01 Å². The highest BCUT2D eigenvalue weighted by atomic mass is 32.2. The first-order chi connectivity index (χ1) is 22.5. The number of nitrogens with two attached hydrogens (primary N) is 1. The lowest BCUT2D eigenvalue weighted by molar-refractivity contribution is -0.122. The molecular formula is C33H45N7O3S4. The van der Waals surface area contributed by atoms with Crippen LogP contribution in [0.2, 0.25) is 0 Å². The minimum atomic E-state index is -0.469. The highest BCUT2D eigenvalue weighted by Gasteiger charge is 2.26. The summed E-state index contributed by atoms with van der Waals surface area (Å²) in [6, 6.07) is 14.1. The van der Waals surface area contributed by atoms with Gasteiger partial charge in [0.2, 0.25) is 11.8 Å². The van der Waals surface area contributed by atoms with E-state index in [4.69, 9.17) is 16.1 Å². The topological polar surface area (TPSA) is 166 Å². The van der Waals surface area contributed by atoms with E-state index in [1.165, 1.54) is 27.2 Å². The van der Waals surface area contributed by atoms with E-state index in [-0.39, 0.29) is 17.9 Å². The Hall–Kier alpha value is -3.06. The van der Waals surface area contributed by atoms with E-state index >= 15 is 0 Å².